The van der Waals surface area contributed by atoms with Crippen LogP contribution in [0.1, 0.15) is 42.5 Å². The Morgan fingerprint density at radius 1 is 1.06 bits per heavy atom. The summed E-state index contributed by atoms with van der Waals surface area (Å²) in [6.45, 7) is 4.03. The van der Waals surface area contributed by atoms with Crippen LogP contribution in [-0.4, -0.2) is 26.0 Å². The first kappa shape index (κ1) is 22.1. The quantitative estimate of drug-likeness (QED) is 0.360. The Labute approximate surface area is 201 Å². The first-order valence-corrected chi connectivity index (χ1v) is 12.3. The molecule has 5 nitrogen and oxygen atoms in total. The molecule has 3 fully saturated rings. The Bertz CT molecular complexity index is 1490. The first-order valence-electron chi connectivity index (χ1n) is 12.3. The number of aliphatic carboxylic acids is 1. The lowest BCUT2D eigenvalue weighted by molar-refractivity contribution is -0.152. The summed E-state index contributed by atoms with van der Waals surface area (Å²) in [6.07, 6.45) is 6.27. The molecule has 3 aliphatic rings. The van der Waals surface area contributed by atoms with Crippen molar-refractivity contribution in [1.29, 1.82) is 0 Å². The van der Waals surface area contributed by atoms with Crippen molar-refractivity contribution in [2.24, 2.45) is 23.7 Å². The average Bonchev–Trinajstić information content (AvgIpc) is 3.26. The fraction of sp³-hybridized carbons (Fsp3) is 0.393. The number of halogens is 2. The molecule has 180 valence electrons. The number of hydrogen-bond donors (Lipinski definition) is 2. The maximum atomic E-state index is 14.4. The van der Waals surface area contributed by atoms with Crippen molar-refractivity contribution >= 4 is 27.8 Å². The highest BCUT2D eigenvalue weighted by Crippen LogP contribution is 2.50. The Balaban J connectivity index is 1.54. The highest BCUT2D eigenvalue weighted by atomic mass is 19.1. The molecule has 2 aromatic heterocycles. The van der Waals surface area contributed by atoms with Gasteiger partial charge in [0.1, 0.15) is 11.6 Å². The molecule has 0 saturated heterocycles. The zero-order chi connectivity index (χ0) is 24.4. The van der Waals surface area contributed by atoms with E-state index in [1.807, 2.05) is 26.0 Å². The van der Waals surface area contributed by atoms with Gasteiger partial charge in [0.2, 0.25) is 0 Å². The summed E-state index contributed by atoms with van der Waals surface area (Å²) in [5, 5.41) is 11.4. The molecular formula is C28H27F2N3O2. The molecule has 7 heteroatoms. The van der Waals surface area contributed by atoms with Crippen molar-refractivity contribution in [3.8, 4) is 11.4 Å². The Hall–Kier alpha value is -3.35. The summed E-state index contributed by atoms with van der Waals surface area (Å²) in [6, 6.07) is 6.21. The lowest BCUT2D eigenvalue weighted by atomic mass is 9.57. The first-order chi connectivity index (χ1) is 16.8. The van der Waals surface area contributed by atoms with Gasteiger partial charge < -0.3 is 10.1 Å². The van der Waals surface area contributed by atoms with Crippen LogP contribution in [0.15, 0.2) is 30.5 Å². The third-order valence-corrected chi connectivity index (χ3v) is 8.52. The molecule has 0 amide bonds. The number of nitrogens with zero attached hydrogens (tertiary/aromatic N) is 2. The lowest BCUT2D eigenvalue weighted by Gasteiger charge is -2.47. The normalized spacial score (nSPS) is 23.9. The average molecular weight is 476 g/mol. The highest BCUT2D eigenvalue weighted by Gasteiger charge is 2.47. The van der Waals surface area contributed by atoms with Crippen LogP contribution in [-0.2, 0) is 11.2 Å². The molecule has 0 aliphatic heterocycles. The van der Waals surface area contributed by atoms with E-state index in [1.54, 1.807) is 6.20 Å². The summed E-state index contributed by atoms with van der Waals surface area (Å²) in [4.78, 5) is 24.9. The van der Waals surface area contributed by atoms with E-state index in [9.17, 15) is 18.7 Å². The number of carbonyl (C=O) groups is 1. The predicted octanol–water partition coefficient (Wildman–Crippen LogP) is 6.35. The van der Waals surface area contributed by atoms with E-state index < -0.39 is 17.6 Å². The zero-order valence-electron chi connectivity index (χ0n) is 19.7. The molecule has 7 rings (SSSR count). The summed E-state index contributed by atoms with van der Waals surface area (Å²) in [5.74, 6) is -1.39. The predicted molar refractivity (Wildman–Crippen MR) is 130 cm³/mol. The van der Waals surface area contributed by atoms with E-state index >= 15 is 0 Å². The largest absolute Gasteiger partial charge is 0.481 e. The number of carboxylic acids is 1. The summed E-state index contributed by atoms with van der Waals surface area (Å²) >= 11 is 0. The minimum absolute atomic E-state index is 0.0189. The maximum absolute atomic E-state index is 14.4. The molecule has 2 bridgehead atoms. The second-order valence-electron chi connectivity index (χ2n) is 10.3. The maximum Gasteiger partial charge on any atom is 0.307 e. The number of nitrogens with one attached hydrogen (secondary N) is 1. The molecule has 2 aromatic carbocycles. The van der Waals surface area contributed by atoms with Crippen LogP contribution in [0.3, 0.4) is 0 Å². The molecular weight excluding hydrogens is 448 g/mol. The van der Waals surface area contributed by atoms with E-state index in [-0.39, 0.29) is 23.3 Å². The van der Waals surface area contributed by atoms with Crippen LogP contribution in [0.5, 0.6) is 0 Å². The van der Waals surface area contributed by atoms with Crippen LogP contribution in [0.4, 0.5) is 8.78 Å². The number of rotatable bonds is 4. The number of aryl methyl sites for hydroxylation is 2. The van der Waals surface area contributed by atoms with Gasteiger partial charge in [-0.15, -0.1) is 0 Å². The number of carboxylic acid groups (broad SMARTS) is 1. The zero-order valence-corrected chi connectivity index (χ0v) is 19.7. The Kier molecular flexibility index (Phi) is 5.13. The topological polar surface area (TPSA) is 78.9 Å². The van der Waals surface area contributed by atoms with E-state index in [1.165, 1.54) is 6.07 Å². The molecule has 2 atom stereocenters. The van der Waals surface area contributed by atoms with E-state index in [4.69, 9.17) is 9.97 Å². The second kappa shape index (κ2) is 8.11. The molecule has 0 spiro atoms. The fourth-order valence-corrected chi connectivity index (χ4v) is 6.59. The van der Waals surface area contributed by atoms with Gasteiger partial charge >= 0.3 is 5.97 Å². The second-order valence-corrected chi connectivity index (χ2v) is 10.3. The van der Waals surface area contributed by atoms with Gasteiger partial charge in [-0.25, -0.2) is 18.7 Å². The Morgan fingerprint density at radius 3 is 2.54 bits per heavy atom. The third kappa shape index (κ3) is 3.51. The molecule has 2 N–H and O–H groups in total. The van der Waals surface area contributed by atoms with Crippen molar-refractivity contribution < 1.29 is 18.7 Å². The number of H-pyrrole nitrogens is 1. The van der Waals surface area contributed by atoms with E-state index in [0.717, 1.165) is 59.5 Å². The van der Waals surface area contributed by atoms with Crippen molar-refractivity contribution in [3.63, 3.8) is 0 Å². The monoisotopic (exact) mass is 475 g/mol. The van der Waals surface area contributed by atoms with Gasteiger partial charge in [-0.2, -0.15) is 0 Å². The minimum Gasteiger partial charge on any atom is -0.481 e. The van der Waals surface area contributed by atoms with Gasteiger partial charge in [0, 0.05) is 28.6 Å². The number of fused-ring (bicyclic) bond motifs is 5. The smallest absolute Gasteiger partial charge is 0.307 e. The SMILES string of the molecule is Cc1ccc2c(CC3C4CCC(CC4)C3C(=O)O)nc(-c3c[nH]c4c(F)cc(F)cc34)nc2c1C. The van der Waals surface area contributed by atoms with Crippen molar-refractivity contribution in [2.75, 3.05) is 0 Å². The van der Waals surface area contributed by atoms with E-state index in [2.05, 4.69) is 4.98 Å². The van der Waals surface area contributed by atoms with Gasteiger partial charge in [0.15, 0.2) is 5.82 Å². The van der Waals surface area contributed by atoms with Crippen LogP contribution < -0.4 is 0 Å². The molecule has 3 aliphatic carbocycles. The van der Waals surface area contributed by atoms with Gasteiger partial charge in [-0.05, 0) is 80.9 Å². The van der Waals surface area contributed by atoms with Gasteiger partial charge in [-0.1, -0.05) is 12.1 Å². The van der Waals surface area contributed by atoms with Crippen LogP contribution in [0.25, 0.3) is 33.2 Å². The van der Waals surface area contributed by atoms with Gasteiger partial charge in [0.25, 0.3) is 0 Å². The summed E-state index contributed by atoms with van der Waals surface area (Å²) < 4.78 is 28.5. The van der Waals surface area contributed by atoms with Crippen molar-refractivity contribution in [2.45, 2.75) is 46.0 Å². The van der Waals surface area contributed by atoms with E-state index in [0.29, 0.717) is 29.1 Å². The minimum atomic E-state index is -0.711. The van der Waals surface area contributed by atoms with Crippen LogP contribution >= 0.6 is 0 Å². The third-order valence-electron chi connectivity index (χ3n) is 8.52. The van der Waals surface area contributed by atoms with Crippen molar-refractivity contribution in [1.82, 2.24) is 15.0 Å². The molecule has 2 unspecified atom stereocenters. The standard InChI is InChI=1S/C28H27F2N3O2/c1-13-3-8-18-23(11-19-15-4-6-16(7-5-15)24(19)28(34)35)32-27(33-25(18)14(13)2)21-12-31-26-20(21)9-17(29)10-22(26)30/h3,8-10,12,15-16,19,24,31H,4-7,11H2,1-2H3,(H,34,35). The van der Waals surface area contributed by atoms with Crippen LogP contribution in [0, 0.1) is 49.2 Å². The van der Waals surface area contributed by atoms with Gasteiger partial charge in [0.05, 0.1) is 22.6 Å². The molecule has 2 heterocycles. The number of benzene rings is 2. The summed E-state index contributed by atoms with van der Waals surface area (Å²) in [5.41, 5.74) is 4.45. The molecule has 0 radical (unpaired) electrons. The Morgan fingerprint density at radius 2 is 1.80 bits per heavy atom. The molecule has 3 saturated carbocycles. The molecule has 35 heavy (non-hydrogen) atoms. The number of hydrogen-bond acceptors (Lipinski definition) is 3. The van der Waals surface area contributed by atoms with Crippen LogP contribution in [0.2, 0.25) is 0 Å². The van der Waals surface area contributed by atoms with Gasteiger partial charge in [-0.3, -0.25) is 4.79 Å². The highest BCUT2D eigenvalue weighted by molar-refractivity contribution is 5.96. The fourth-order valence-electron chi connectivity index (χ4n) is 6.59. The summed E-state index contributed by atoms with van der Waals surface area (Å²) in [7, 11) is 0. The lowest BCUT2D eigenvalue weighted by Crippen LogP contribution is -2.45. The molecule has 4 aromatic rings. The number of aromatic nitrogens is 3. The number of aromatic amines is 1. The van der Waals surface area contributed by atoms with Crippen molar-refractivity contribution in [3.05, 3.63) is 58.9 Å².